The highest BCUT2D eigenvalue weighted by Crippen LogP contribution is 2.49. The van der Waals surface area contributed by atoms with Gasteiger partial charge in [-0.05, 0) is 99.0 Å². The Morgan fingerprint density at radius 1 is 0.548 bits per heavy atom. The molecule has 1 N–H and O–H groups in total. The van der Waals surface area contributed by atoms with Crippen molar-refractivity contribution in [3.05, 3.63) is 151 Å². The van der Waals surface area contributed by atoms with Crippen LogP contribution in [0, 0.1) is 0 Å². The quantitative estimate of drug-likeness (QED) is 0.180. The highest BCUT2D eigenvalue weighted by atomic mass is 32.1. The normalized spacial score (nSPS) is 13.1. The van der Waals surface area contributed by atoms with E-state index in [-0.39, 0.29) is 10.8 Å². The maximum Gasteiger partial charge on any atom is 0.198 e. The van der Waals surface area contributed by atoms with E-state index >= 15 is 0 Å². The summed E-state index contributed by atoms with van der Waals surface area (Å²) in [6.07, 6.45) is 0. The van der Waals surface area contributed by atoms with Crippen LogP contribution in [0.15, 0.2) is 144 Å². The van der Waals surface area contributed by atoms with Crippen LogP contribution in [-0.2, 0) is 10.8 Å². The van der Waals surface area contributed by atoms with Crippen LogP contribution in [0.2, 0.25) is 0 Å². The summed E-state index contributed by atoms with van der Waals surface area (Å²) in [5, 5.41) is 14.0. The summed E-state index contributed by atoms with van der Waals surface area (Å²) in [5.74, 6) is 0. The lowest BCUT2D eigenvalue weighted by atomic mass is 9.58. The molecule has 0 atom stereocenters. The van der Waals surface area contributed by atoms with Gasteiger partial charge in [0.05, 0.1) is 16.4 Å². The third-order valence-corrected chi connectivity index (χ3v) is 15.8. The molecule has 12 aromatic rings. The number of fused-ring (bicyclic) bond motifs is 15. The van der Waals surface area contributed by atoms with E-state index in [0.29, 0.717) is 0 Å². The average Bonchev–Trinajstić information content (AvgIpc) is 4.02. The first-order valence-corrected chi connectivity index (χ1v) is 23.3. The van der Waals surface area contributed by atoms with Gasteiger partial charge in [-0.3, -0.25) is 0 Å². The second kappa shape index (κ2) is 12.6. The molecule has 1 aliphatic heterocycles. The highest BCUT2D eigenvalue weighted by Gasteiger charge is 2.33. The molecule has 62 heavy (non-hydrogen) atoms. The zero-order valence-electron chi connectivity index (χ0n) is 35.7. The SMILES string of the molecule is CC(C)(C)c1ccc(Nc2cc3sc4ccccc4c3cc2-c2c3c4c(c5cc(C(C)(C)C)ccc5n4-c4cc5sc6ccccc6c5cc4B3)c3oc4ccccc4c23)cc1. The van der Waals surface area contributed by atoms with Crippen molar-refractivity contribution in [2.45, 2.75) is 52.4 Å². The van der Waals surface area contributed by atoms with Gasteiger partial charge >= 0.3 is 0 Å². The first kappa shape index (κ1) is 36.3. The van der Waals surface area contributed by atoms with Gasteiger partial charge in [0.15, 0.2) is 7.28 Å². The Morgan fingerprint density at radius 2 is 1.18 bits per heavy atom. The predicted octanol–water partition coefficient (Wildman–Crippen LogP) is 15.1. The Balaban J connectivity index is 1.21. The zero-order chi connectivity index (χ0) is 41.8. The highest BCUT2D eigenvalue weighted by molar-refractivity contribution is 7.26. The number of hydrogen-bond acceptors (Lipinski definition) is 4. The molecule has 0 unspecified atom stereocenters. The maximum absolute atomic E-state index is 7.21. The summed E-state index contributed by atoms with van der Waals surface area (Å²) in [6, 6.07) is 52.5. The summed E-state index contributed by atoms with van der Waals surface area (Å²) in [7, 11) is 0.793. The van der Waals surface area contributed by atoms with E-state index in [9.17, 15) is 0 Å². The first-order valence-electron chi connectivity index (χ1n) is 21.7. The summed E-state index contributed by atoms with van der Waals surface area (Å²) in [6.45, 7) is 13.8. The molecule has 0 amide bonds. The third-order valence-electron chi connectivity index (χ3n) is 13.5. The van der Waals surface area contributed by atoms with E-state index in [4.69, 9.17) is 4.42 Å². The van der Waals surface area contributed by atoms with Crippen molar-refractivity contribution in [2.75, 3.05) is 5.32 Å². The second-order valence-corrected chi connectivity index (χ2v) is 21.6. The van der Waals surface area contributed by atoms with E-state index in [2.05, 4.69) is 191 Å². The van der Waals surface area contributed by atoms with Gasteiger partial charge in [-0.2, -0.15) is 0 Å². The smallest absolute Gasteiger partial charge is 0.198 e. The lowest BCUT2D eigenvalue weighted by Crippen LogP contribution is -2.37. The van der Waals surface area contributed by atoms with Gasteiger partial charge in [0, 0.05) is 73.7 Å². The Morgan fingerprint density at radius 3 is 1.89 bits per heavy atom. The number of aromatic nitrogens is 1. The Labute approximate surface area is 368 Å². The van der Waals surface area contributed by atoms with Gasteiger partial charge in [0.2, 0.25) is 0 Å². The lowest BCUT2D eigenvalue weighted by Gasteiger charge is -2.25. The largest absolute Gasteiger partial charge is 0.455 e. The molecule has 1 aliphatic rings. The molecule has 0 bridgehead atoms. The monoisotopic (exact) mass is 834 g/mol. The number of anilines is 2. The number of nitrogens with zero attached hydrogens (tertiary/aromatic N) is 1. The van der Waals surface area contributed by atoms with Crippen LogP contribution in [0.4, 0.5) is 11.4 Å². The lowest BCUT2D eigenvalue weighted by molar-refractivity contribution is 0.590. The number of thiophene rings is 2. The molecule has 0 saturated carbocycles. The van der Waals surface area contributed by atoms with Crippen molar-refractivity contribution < 1.29 is 4.42 Å². The van der Waals surface area contributed by atoms with Crippen LogP contribution in [-0.4, -0.2) is 11.8 Å². The van der Waals surface area contributed by atoms with E-state index in [1.165, 1.54) is 106 Å². The number of furan rings is 1. The van der Waals surface area contributed by atoms with E-state index in [0.717, 1.165) is 35.2 Å². The molecule has 13 rings (SSSR count). The minimum Gasteiger partial charge on any atom is -0.455 e. The van der Waals surface area contributed by atoms with Gasteiger partial charge < -0.3 is 14.3 Å². The van der Waals surface area contributed by atoms with Crippen LogP contribution in [0.25, 0.3) is 101 Å². The molecule has 5 heterocycles. The fraction of sp³-hybridized carbons (Fsp3) is 0.143. The molecule has 0 saturated heterocycles. The molecule has 0 aliphatic carbocycles. The fourth-order valence-corrected chi connectivity index (χ4v) is 12.6. The van der Waals surface area contributed by atoms with E-state index in [1.54, 1.807) is 0 Å². The minimum absolute atomic E-state index is 0.0237. The van der Waals surface area contributed by atoms with Crippen LogP contribution in [0.5, 0.6) is 0 Å². The molecule has 298 valence electrons. The van der Waals surface area contributed by atoms with Gasteiger partial charge in [-0.1, -0.05) is 126 Å². The maximum atomic E-state index is 7.21. The molecule has 0 radical (unpaired) electrons. The molecule has 4 aromatic heterocycles. The minimum atomic E-state index is -0.0237. The van der Waals surface area contributed by atoms with Crippen LogP contribution >= 0.6 is 22.7 Å². The fourth-order valence-electron chi connectivity index (χ4n) is 10.4. The van der Waals surface area contributed by atoms with Crippen molar-refractivity contribution >= 4 is 136 Å². The van der Waals surface area contributed by atoms with Crippen molar-refractivity contribution in [2.24, 2.45) is 0 Å². The van der Waals surface area contributed by atoms with Gasteiger partial charge in [-0.25, -0.2) is 0 Å². The van der Waals surface area contributed by atoms with Crippen molar-refractivity contribution in [1.82, 2.24) is 4.57 Å². The molecular formula is C56H43BN2OS2. The molecular weight excluding hydrogens is 792 g/mol. The van der Waals surface area contributed by atoms with Gasteiger partial charge in [0.1, 0.15) is 11.2 Å². The molecule has 0 fully saturated rings. The Hall–Kier alpha value is -6.34. The zero-order valence-corrected chi connectivity index (χ0v) is 37.3. The van der Waals surface area contributed by atoms with Crippen molar-refractivity contribution in [3.63, 3.8) is 0 Å². The van der Waals surface area contributed by atoms with Gasteiger partial charge in [-0.15, -0.1) is 22.7 Å². The predicted molar refractivity (Wildman–Crippen MR) is 273 cm³/mol. The number of rotatable bonds is 3. The van der Waals surface area contributed by atoms with E-state index < -0.39 is 0 Å². The molecule has 3 nitrogen and oxygen atoms in total. The average molecular weight is 835 g/mol. The molecule has 8 aromatic carbocycles. The van der Waals surface area contributed by atoms with Crippen LogP contribution in [0.3, 0.4) is 0 Å². The Kier molecular flexibility index (Phi) is 7.40. The number of para-hydroxylation sites is 1. The summed E-state index contributed by atoms with van der Waals surface area (Å²) < 4.78 is 15.0. The second-order valence-electron chi connectivity index (χ2n) is 19.4. The Bertz CT molecular complexity index is 3880. The van der Waals surface area contributed by atoms with Crippen LogP contribution in [0.1, 0.15) is 52.7 Å². The standard InChI is InChI=1S/C56H43BN2OS2/c1-55(2,3)30-19-22-32(23-20-30)58-41-28-47-36(33-13-8-11-17-45(33)61-47)26-38(41)49-50-35-15-7-10-16-44(35)60-54(50)51-39-25-31(56(4,5)6)21-24-42(39)59-43-29-48-37(27-40(43)57-52(49)53(51)59)34-14-9-12-18-46(34)62-48/h7-29,57-58H,1-6H3. The summed E-state index contributed by atoms with van der Waals surface area (Å²) >= 11 is 3.76. The number of nitrogens with one attached hydrogen (secondary N) is 1. The summed E-state index contributed by atoms with van der Waals surface area (Å²) in [5.41, 5.74) is 15.5. The molecule has 6 heteroatoms. The van der Waals surface area contributed by atoms with E-state index in [1.807, 2.05) is 22.7 Å². The van der Waals surface area contributed by atoms with Crippen LogP contribution < -0.4 is 16.2 Å². The third kappa shape index (κ3) is 5.17. The number of hydrogen-bond donors (Lipinski definition) is 1. The summed E-state index contributed by atoms with van der Waals surface area (Å²) in [4.78, 5) is 0. The topological polar surface area (TPSA) is 30.1 Å². The van der Waals surface area contributed by atoms with Crippen molar-refractivity contribution in [3.8, 4) is 16.8 Å². The number of benzene rings is 8. The first-order chi connectivity index (χ1) is 30.0. The molecule has 0 spiro atoms. The van der Waals surface area contributed by atoms with Gasteiger partial charge in [0.25, 0.3) is 0 Å². The van der Waals surface area contributed by atoms with Crippen molar-refractivity contribution in [1.29, 1.82) is 0 Å².